The Labute approximate surface area is 93.7 Å². The third-order valence-electron chi connectivity index (χ3n) is 2.74. The summed E-state index contributed by atoms with van der Waals surface area (Å²) in [5.74, 6) is 0.00484. The lowest BCUT2D eigenvalue weighted by Crippen LogP contribution is -2.46. The summed E-state index contributed by atoms with van der Waals surface area (Å²) in [6.07, 6.45) is 2.53. The molecule has 15 heavy (non-hydrogen) atoms. The lowest BCUT2D eigenvalue weighted by atomic mass is 10.1. The molecule has 1 heterocycles. The Bertz CT molecular complexity index is 343. The Hall–Kier alpha value is -0.870. The zero-order valence-corrected chi connectivity index (χ0v) is 9.64. The van der Waals surface area contributed by atoms with Gasteiger partial charge in [0.05, 0.1) is 5.54 Å². The first-order valence-corrected chi connectivity index (χ1v) is 6.15. The van der Waals surface area contributed by atoms with Crippen LogP contribution in [0.15, 0.2) is 16.8 Å². The van der Waals surface area contributed by atoms with Gasteiger partial charge in [-0.05, 0) is 48.6 Å². The summed E-state index contributed by atoms with van der Waals surface area (Å²) in [6, 6.07) is 2.25. The first-order chi connectivity index (χ1) is 7.10. The third-order valence-corrected chi connectivity index (χ3v) is 3.47. The lowest BCUT2D eigenvalue weighted by Gasteiger charge is -2.16. The van der Waals surface area contributed by atoms with Gasteiger partial charge in [-0.25, -0.2) is 0 Å². The van der Waals surface area contributed by atoms with Gasteiger partial charge in [0.25, 0.3) is 0 Å². The molecule has 1 unspecified atom stereocenters. The maximum atomic E-state index is 11.6. The lowest BCUT2D eigenvalue weighted by molar-refractivity contribution is -0.123. The van der Waals surface area contributed by atoms with Gasteiger partial charge in [0.1, 0.15) is 0 Å². The van der Waals surface area contributed by atoms with Crippen LogP contribution in [0.3, 0.4) is 0 Å². The normalized spacial score (nSPS) is 19.6. The molecule has 0 radical (unpaired) electrons. The molecule has 0 spiro atoms. The Balaban J connectivity index is 1.82. The van der Waals surface area contributed by atoms with E-state index in [0.717, 1.165) is 19.3 Å². The van der Waals surface area contributed by atoms with Crippen LogP contribution < -0.4 is 11.1 Å². The second-order valence-electron chi connectivity index (χ2n) is 4.37. The van der Waals surface area contributed by atoms with Crippen molar-refractivity contribution >= 4 is 17.2 Å². The number of thiophene rings is 1. The summed E-state index contributed by atoms with van der Waals surface area (Å²) in [4.78, 5) is 11.6. The predicted octanol–water partition coefficient (Wildman–Crippen LogP) is 1.29. The first-order valence-electron chi connectivity index (χ1n) is 5.21. The van der Waals surface area contributed by atoms with E-state index in [9.17, 15) is 4.79 Å². The number of hydrogen-bond acceptors (Lipinski definition) is 3. The van der Waals surface area contributed by atoms with E-state index in [-0.39, 0.29) is 11.9 Å². The van der Waals surface area contributed by atoms with Gasteiger partial charge < -0.3 is 11.1 Å². The van der Waals surface area contributed by atoms with Crippen LogP contribution in [0.1, 0.15) is 25.3 Å². The zero-order chi connectivity index (χ0) is 10.9. The molecule has 0 aromatic carbocycles. The van der Waals surface area contributed by atoms with Gasteiger partial charge in [0, 0.05) is 6.04 Å². The van der Waals surface area contributed by atoms with Crippen LogP contribution in [0.25, 0.3) is 0 Å². The number of rotatable bonds is 4. The molecule has 1 aromatic heterocycles. The van der Waals surface area contributed by atoms with Crippen LogP contribution in [-0.4, -0.2) is 17.5 Å². The number of hydrogen-bond donors (Lipinski definition) is 2. The average molecular weight is 224 g/mol. The smallest absolute Gasteiger partial charge is 0.240 e. The van der Waals surface area contributed by atoms with Crippen molar-refractivity contribution in [1.82, 2.24) is 5.32 Å². The van der Waals surface area contributed by atoms with E-state index in [1.165, 1.54) is 5.56 Å². The molecular formula is C11H16N2OS. The summed E-state index contributed by atoms with van der Waals surface area (Å²) in [6.45, 7) is 2.02. The molecule has 3 N–H and O–H groups in total. The van der Waals surface area contributed by atoms with Gasteiger partial charge in [0.2, 0.25) is 5.91 Å². The van der Waals surface area contributed by atoms with Crippen LogP contribution >= 0.6 is 11.3 Å². The standard InChI is InChI=1S/C11H16N2OS/c1-8(6-9-2-5-15-7-9)13-10(14)11(12)3-4-11/h2,5,7-8H,3-4,6,12H2,1H3,(H,13,14). The summed E-state index contributed by atoms with van der Waals surface area (Å²) >= 11 is 1.68. The Kier molecular flexibility index (Phi) is 2.80. The minimum absolute atomic E-state index is 0.00484. The highest BCUT2D eigenvalue weighted by atomic mass is 32.1. The molecule has 1 aromatic rings. The van der Waals surface area contributed by atoms with Crippen LogP contribution in [0.5, 0.6) is 0 Å². The van der Waals surface area contributed by atoms with E-state index in [1.807, 2.05) is 6.92 Å². The van der Waals surface area contributed by atoms with E-state index in [1.54, 1.807) is 11.3 Å². The molecule has 2 rings (SSSR count). The van der Waals surface area contributed by atoms with Crippen molar-refractivity contribution in [1.29, 1.82) is 0 Å². The number of nitrogens with two attached hydrogens (primary N) is 1. The molecule has 0 aliphatic heterocycles. The second kappa shape index (κ2) is 3.94. The molecule has 1 amide bonds. The number of nitrogens with one attached hydrogen (secondary N) is 1. The van der Waals surface area contributed by atoms with E-state index in [4.69, 9.17) is 5.73 Å². The number of carbonyl (C=O) groups excluding carboxylic acids is 1. The Morgan fingerprint density at radius 3 is 3.00 bits per heavy atom. The fourth-order valence-electron chi connectivity index (χ4n) is 1.54. The van der Waals surface area contributed by atoms with Crippen LogP contribution in [0, 0.1) is 0 Å². The Morgan fingerprint density at radius 2 is 2.47 bits per heavy atom. The SMILES string of the molecule is CC(Cc1ccsc1)NC(=O)C1(N)CC1. The van der Waals surface area contributed by atoms with Crippen molar-refractivity contribution in [2.75, 3.05) is 0 Å². The quantitative estimate of drug-likeness (QED) is 0.809. The van der Waals surface area contributed by atoms with E-state index in [0.29, 0.717) is 0 Å². The van der Waals surface area contributed by atoms with Crippen molar-refractivity contribution in [3.05, 3.63) is 22.4 Å². The minimum Gasteiger partial charge on any atom is -0.352 e. The highest BCUT2D eigenvalue weighted by Crippen LogP contribution is 2.32. The van der Waals surface area contributed by atoms with E-state index in [2.05, 4.69) is 22.1 Å². The molecule has 82 valence electrons. The number of carbonyl (C=O) groups is 1. The van der Waals surface area contributed by atoms with Crippen molar-refractivity contribution in [2.45, 2.75) is 37.8 Å². The molecule has 4 heteroatoms. The van der Waals surface area contributed by atoms with Crippen molar-refractivity contribution in [3.8, 4) is 0 Å². The van der Waals surface area contributed by atoms with Crippen molar-refractivity contribution in [3.63, 3.8) is 0 Å². The molecule has 1 saturated carbocycles. The Morgan fingerprint density at radius 1 is 1.73 bits per heavy atom. The summed E-state index contributed by atoms with van der Waals surface area (Å²) < 4.78 is 0. The maximum absolute atomic E-state index is 11.6. The van der Waals surface area contributed by atoms with Crippen molar-refractivity contribution < 1.29 is 4.79 Å². The summed E-state index contributed by atoms with van der Waals surface area (Å²) in [5.41, 5.74) is 6.52. The molecule has 0 saturated heterocycles. The third kappa shape index (κ3) is 2.58. The van der Waals surface area contributed by atoms with E-state index >= 15 is 0 Å². The average Bonchev–Trinajstić information content (AvgIpc) is 2.74. The zero-order valence-electron chi connectivity index (χ0n) is 8.82. The topological polar surface area (TPSA) is 55.1 Å². The fourth-order valence-corrected chi connectivity index (χ4v) is 2.22. The molecular weight excluding hydrogens is 208 g/mol. The van der Waals surface area contributed by atoms with Gasteiger partial charge in [-0.3, -0.25) is 4.79 Å². The molecule has 3 nitrogen and oxygen atoms in total. The van der Waals surface area contributed by atoms with Gasteiger partial charge >= 0.3 is 0 Å². The second-order valence-corrected chi connectivity index (χ2v) is 5.15. The first kappa shape index (κ1) is 10.6. The molecule has 0 bridgehead atoms. The highest BCUT2D eigenvalue weighted by Gasteiger charge is 2.46. The number of amides is 1. The predicted molar refractivity (Wildman–Crippen MR) is 61.8 cm³/mol. The van der Waals surface area contributed by atoms with Crippen LogP contribution in [0.4, 0.5) is 0 Å². The largest absolute Gasteiger partial charge is 0.352 e. The molecule has 1 fully saturated rings. The maximum Gasteiger partial charge on any atom is 0.240 e. The molecule has 1 atom stereocenters. The summed E-state index contributed by atoms with van der Waals surface area (Å²) in [7, 11) is 0. The van der Waals surface area contributed by atoms with Crippen LogP contribution in [-0.2, 0) is 11.2 Å². The minimum atomic E-state index is -0.553. The van der Waals surface area contributed by atoms with Gasteiger partial charge in [-0.2, -0.15) is 11.3 Å². The fraction of sp³-hybridized carbons (Fsp3) is 0.545. The molecule has 1 aliphatic rings. The van der Waals surface area contributed by atoms with Crippen LogP contribution in [0.2, 0.25) is 0 Å². The van der Waals surface area contributed by atoms with Crippen molar-refractivity contribution in [2.24, 2.45) is 5.73 Å². The van der Waals surface area contributed by atoms with Gasteiger partial charge in [-0.15, -0.1) is 0 Å². The highest BCUT2D eigenvalue weighted by molar-refractivity contribution is 7.07. The summed E-state index contributed by atoms with van der Waals surface area (Å²) in [5, 5.41) is 7.12. The van der Waals surface area contributed by atoms with E-state index < -0.39 is 5.54 Å². The van der Waals surface area contributed by atoms with Gasteiger partial charge in [0.15, 0.2) is 0 Å². The monoisotopic (exact) mass is 224 g/mol. The molecule has 1 aliphatic carbocycles. The van der Waals surface area contributed by atoms with Gasteiger partial charge in [-0.1, -0.05) is 0 Å².